The van der Waals surface area contributed by atoms with Crippen LogP contribution >= 0.6 is 0 Å². The number of carbonyl (C=O) groups excluding carboxylic acids is 4. The highest BCUT2D eigenvalue weighted by atomic mass is 16.3. The number of nitrogens with one attached hydrogen (secondary N) is 3. The molecule has 1 aliphatic heterocycles. The molecule has 32 heavy (non-hydrogen) atoms. The summed E-state index contributed by atoms with van der Waals surface area (Å²) in [7, 11) is 0. The van der Waals surface area contributed by atoms with Crippen molar-refractivity contribution in [2.75, 3.05) is 31.1 Å². The van der Waals surface area contributed by atoms with Crippen LogP contribution in [-0.2, 0) is 9.59 Å². The minimum Gasteiger partial charge on any atom is -0.508 e. The Bertz CT molecular complexity index is 990. The van der Waals surface area contributed by atoms with Crippen molar-refractivity contribution in [3.05, 3.63) is 59.7 Å². The van der Waals surface area contributed by atoms with Crippen molar-refractivity contribution in [3.8, 4) is 5.75 Å². The Morgan fingerprint density at radius 1 is 0.906 bits per heavy atom. The van der Waals surface area contributed by atoms with Gasteiger partial charge in [-0.15, -0.1) is 0 Å². The van der Waals surface area contributed by atoms with Gasteiger partial charge in [0.25, 0.3) is 11.8 Å². The molecular formula is C23H26N4O5. The van der Waals surface area contributed by atoms with Crippen LogP contribution in [0.4, 0.5) is 5.69 Å². The molecule has 168 valence electrons. The van der Waals surface area contributed by atoms with Crippen molar-refractivity contribution in [1.29, 1.82) is 0 Å². The summed E-state index contributed by atoms with van der Waals surface area (Å²) < 4.78 is 0. The van der Waals surface area contributed by atoms with E-state index in [1.54, 1.807) is 41.3 Å². The molecule has 0 bridgehead atoms. The summed E-state index contributed by atoms with van der Waals surface area (Å²) in [6.45, 7) is 1.21. The minimum absolute atomic E-state index is 0.0181. The van der Waals surface area contributed by atoms with E-state index in [0.717, 1.165) is 12.1 Å². The maximum atomic E-state index is 12.2. The Kier molecular flexibility index (Phi) is 7.80. The molecule has 9 nitrogen and oxygen atoms in total. The molecule has 1 fully saturated rings. The van der Waals surface area contributed by atoms with Crippen LogP contribution in [0.15, 0.2) is 48.5 Å². The summed E-state index contributed by atoms with van der Waals surface area (Å²) in [5.74, 6) is -0.920. The second-order valence-electron chi connectivity index (χ2n) is 7.39. The predicted molar refractivity (Wildman–Crippen MR) is 118 cm³/mol. The number of anilines is 1. The monoisotopic (exact) mass is 438 g/mol. The molecule has 2 aromatic carbocycles. The summed E-state index contributed by atoms with van der Waals surface area (Å²) in [4.78, 5) is 49.6. The third-order valence-electron chi connectivity index (χ3n) is 4.99. The number of carbonyl (C=O) groups is 4. The molecule has 9 heteroatoms. The Hall–Kier alpha value is -3.88. The highest BCUT2D eigenvalue weighted by molar-refractivity contribution is 5.98. The van der Waals surface area contributed by atoms with Gasteiger partial charge in [-0.25, -0.2) is 0 Å². The van der Waals surface area contributed by atoms with Gasteiger partial charge in [0.2, 0.25) is 11.8 Å². The van der Waals surface area contributed by atoms with E-state index in [2.05, 4.69) is 16.0 Å². The molecule has 0 radical (unpaired) electrons. The second kappa shape index (κ2) is 10.9. The maximum absolute atomic E-state index is 12.2. The number of phenols is 1. The average molecular weight is 438 g/mol. The molecular weight excluding hydrogens is 412 g/mol. The zero-order chi connectivity index (χ0) is 22.9. The number of nitrogens with zero attached hydrogens (tertiary/aromatic N) is 1. The van der Waals surface area contributed by atoms with Crippen LogP contribution in [0.25, 0.3) is 0 Å². The standard InChI is InChI=1S/C23H26N4O5/c28-19-5-1-4-17(14-19)23(32)25-12-3-11-24-20(29)15-26-22(31)16-7-9-18(10-8-16)27-13-2-6-21(27)30/h1,4-5,7-10,14,28H,2-3,6,11-13,15H2,(H,24,29)(H,25,32)(H,26,31). The SMILES string of the molecule is O=C(CNC(=O)c1ccc(N2CCCC2=O)cc1)NCCCNC(=O)c1cccc(O)c1. The first-order valence-electron chi connectivity index (χ1n) is 10.5. The van der Waals surface area contributed by atoms with Gasteiger partial charge >= 0.3 is 0 Å². The summed E-state index contributed by atoms with van der Waals surface area (Å²) >= 11 is 0. The highest BCUT2D eigenvalue weighted by Crippen LogP contribution is 2.21. The topological polar surface area (TPSA) is 128 Å². The van der Waals surface area contributed by atoms with Crippen LogP contribution < -0.4 is 20.9 Å². The van der Waals surface area contributed by atoms with Crippen molar-refractivity contribution in [3.63, 3.8) is 0 Å². The smallest absolute Gasteiger partial charge is 0.251 e. The van der Waals surface area contributed by atoms with Gasteiger partial charge < -0.3 is 26.0 Å². The van der Waals surface area contributed by atoms with Crippen LogP contribution in [0.2, 0.25) is 0 Å². The van der Waals surface area contributed by atoms with E-state index in [0.29, 0.717) is 43.6 Å². The van der Waals surface area contributed by atoms with Gasteiger partial charge in [0.1, 0.15) is 5.75 Å². The third kappa shape index (κ3) is 6.31. The number of rotatable bonds is 9. The van der Waals surface area contributed by atoms with Crippen LogP contribution in [0.5, 0.6) is 5.75 Å². The lowest BCUT2D eigenvalue weighted by atomic mass is 10.2. The largest absolute Gasteiger partial charge is 0.508 e. The van der Waals surface area contributed by atoms with Crippen LogP contribution in [0, 0.1) is 0 Å². The number of aromatic hydroxyl groups is 1. The molecule has 3 rings (SSSR count). The minimum atomic E-state index is -0.377. The van der Waals surface area contributed by atoms with Crippen molar-refractivity contribution in [2.24, 2.45) is 0 Å². The first-order valence-corrected chi connectivity index (χ1v) is 10.5. The average Bonchev–Trinajstić information content (AvgIpc) is 3.23. The molecule has 2 aromatic rings. The van der Waals surface area contributed by atoms with Crippen LogP contribution in [0.1, 0.15) is 40.0 Å². The zero-order valence-corrected chi connectivity index (χ0v) is 17.6. The molecule has 0 saturated carbocycles. The van der Waals surface area contributed by atoms with E-state index in [1.807, 2.05) is 0 Å². The van der Waals surface area contributed by atoms with Crippen LogP contribution in [-0.4, -0.2) is 54.9 Å². The second-order valence-corrected chi connectivity index (χ2v) is 7.39. The number of hydrogen-bond acceptors (Lipinski definition) is 5. The van der Waals surface area contributed by atoms with Crippen molar-refractivity contribution in [1.82, 2.24) is 16.0 Å². The zero-order valence-electron chi connectivity index (χ0n) is 17.6. The summed E-state index contributed by atoms with van der Waals surface area (Å²) in [5, 5.41) is 17.3. The Morgan fingerprint density at radius 2 is 1.62 bits per heavy atom. The molecule has 4 N–H and O–H groups in total. The number of amides is 4. The van der Waals surface area contributed by atoms with E-state index in [-0.39, 0.29) is 35.9 Å². The number of phenolic OH excluding ortho intramolecular Hbond substituents is 1. The lowest BCUT2D eigenvalue weighted by molar-refractivity contribution is -0.120. The molecule has 0 unspecified atom stereocenters. The van der Waals surface area contributed by atoms with E-state index in [9.17, 15) is 24.3 Å². The van der Waals surface area contributed by atoms with Gasteiger partial charge in [0.05, 0.1) is 6.54 Å². The first kappa shape index (κ1) is 22.8. The van der Waals surface area contributed by atoms with Gasteiger partial charge in [-0.05, 0) is 55.3 Å². The van der Waals surface area contributed by atoms with Crippen molar-refractivity contribution >= 4 is 29.3 Å². The van der Waals surface area contributed by atoms with Crippen molar-refractivity contribution in [2.45, 2.75) is 19.3 Å². The fraction of sp³-hybridized carbons (Fsp3) is 0.304. The quantitative estimate of drug-likeness (QED) is 0.437. The van der Waals surface area contributed by atoms with Gasteiger partial charge in [-0.1, -0.05) is 6.07 Å². The molecule has 0 aromatic heterocycles. The Morgan fingerprint density at radius 3 is 2.31 bits per heavy atom. The fourth-order valence-electron chi connectivity index (χ4n) is 3.31. The highest BCUT2D eigenvalue weighted by Gasteiger charge is 2.21. The molecule has 0 atom stereocenters. The van der Waals surface area contributed by atoms with E-state index in [4.69, 9.17) is 0 Å². The summed E-state index contributed by atoms with van der Waals surface area (Å²) in [6, 6.07) is 12.7. The maximum Gasteiger partial charge on any atom is 0.251 e. The molecule has 1 aliphatic rings. The molecule has 1 saturated heterocycles. The number of hydrogen-bond donors (Lipinski definition) is 4. The lowest BCUT2D eigenvalue weighted by Gasteiger charge is -2.15. The van der Waals surface area contributed by atoms with Gasteiger partial charge in [-0.2, -0.15) is 0 Å². The van der Waals surface area contributed by atoms with Gasteiger partial charge in [0.15, 0.2) is 0 Å². The molecule has 0 aliphatic carbocycles. The first-order chi connectivity index (χ1) is 15.4. The van der Waals surface area contributed by atoms with Gasteiger partial charge in [-0.3, -0.25) is 19.2 Å². The normalized spacial score (nSPS) is 13.0. The third-order valence-corrected chi connectivity index (χ3v) is 4.99. The summed E-state index contributed by atoms with van der Waals surface area (Å²) in [6.07, 6.45) is 1.89. The van der Waals surface area contributed by atoms with Crippen LogP contribution in [0.3, 0.4) is 0 Å². The molecule has 4 amide bonds. The van der Waals surface area contributed by atoms with Gasteiger partial charge in [0, 0.05) is 42.9 Å². The Labute approximate surface area is 185 Å². The molecule has 1 heterocycles. The number of benzene rings is 2. The predicted octanol–water partition coefficient (Wildman–Crippen LogP) is 1.19. The summed E-state index contributed by atoms with van der Waals surface area (Å²) in [5.41, 5.74) is 1.53. The van der Waals surface area contributed by atoms with E-state index < -0.39 is 0 Å². The van der Waals surface area contributed by atoms with E-state index >= 15 is 0 Å². The Balaban J connectivity index is 1.32. The lowest BCUT2D eigenvalue weighted by Crippen LogP contribution is -2.38. The van der Waals surface area contributed by atoms with Crippen molar-refractivity contribution < 1.29 is 24.3 Å². The fourth-order valence-corrected chi connectivity index (χ4v) is 3.31. The molecule has 0 spiro atoms. The van der Waals surface area contributed by atoms with E-state index in [1.165, 1.54) is 12.1 Å².